The van der Waals surface area contributed by atoms with E-state index in [1.165, 1.54) is 0 Å². The molecule has 0 radical (unpaired) electrons. The summed E-state index contributed by atoms with van der Waals surface area (Å²) in [5.41, 5.74) is 0.281. The van der Waals surface area contributed by atoms with Gasteiger partial charge in [0, 0.05) is 25.7 Å². The number of nitrogens with zero attached hydrogens (tertiary/aromatic N) is 1. The molecule has 2 rings (SSSR count). The average Bonchev–Trinajstić information content (AvgIpc) is 3.09. The number of carbonyl (C=O) groups is 1. The summed E-state index contributed by atoms with van der Waals surface area (Å²) in [6.07, 6.45) is 2.46. The number of ether oxygens (including phenoxy) is 2. The quantitative estimate of drug-likeness (QED) is 0.849. The molecule has 0 N–H and O–H groups in total. The van der Waals surface area contributed by atoms with Gasteiger partial charge >= 0.3 is 0 Å². The fourth-order valence-electron chi connectivity index (χ4n) is 1.81. The van der Waals surface area contributed by atoms with Crippen molar-refractivity contribution in [2.24, 2.45) is 0 Å². The second-order valence-corrected chi connectivity index (χ2v) is 6.42. The van der Waals surface area contributed by atoms with E-state index in [4.69, 9.17) is 9.47 Å². The molecule has 0 heterocycles. The van der Waals surface area contributed by atoms with E-state index in [9.17, 15) is 4.79 Å². The van der Waals surface area contributed by atoms with Crippen molar-refractivity contribution in [3.05, 3.63) is 23.8 Å². The Morgan fingerprint density at radius 2 is 1.75 bits per heavy atom. The van der Waals surface area contributed by atoms with Crippen LogP contribution in [0.5, 0.6) is 11.5 Å². The molecule has 0 aliphatic heterocycles. The van der Waals surface area contributed by atoms with Crippen LogP contribution in [0, 0.1) is 0 Å². The normalized spacial score (nSPS) is 14.8. The Bertz CT molecular complexity index is 499. The predicted molar refractivity (Wildman–Crippen MR) is 78.5 cm³/mol. The van der Waals surface area contributed by atoms with Gasteiger partial charge in [-0.05, 0) is 45.7 Å². The van der Waals surface area contributed by atoms with Crippen molar-refractivity contribution in [2.75, 3.05) is 14.1 Å². The smallest absolute Gasteiger partial charge is 0.253 e. The van der Waals surface area contributed by atoms with E-state index in [0.717, 1.165) is 12.8 Å². The highest BCUT2D eigenvalue weighted by atomic mass is 16.5. The summed E-state index contributed by atoms with van der Waals surface area (Å²) in [6.45, 7) is 5.94. The number of hydrogen-bond donors (Lipinski definition) is 0. The molecule has 1 aliphatic rings. The lowest BCUT2D eigenvalue weighted by atomic mass is 10.1. The minimum Gasteiger partial charge on any atom is -0.490 e. The van der Waals surface area contributed by atoms with Gasteiger partial charge in [0.25, 0.3) is 5.91 Å². The molecule has 0 bridgehead atoms. The maximum absolute atomic E-state index is 12.1. The highest BCUT2D eigenvalue weighted by Gasteiger charge is 2.25. The standard InChI is InChI=1S/C16H23NO3/c1-16(2,3)20-14-9-11(15(18)17(4)5)8-13(10-14)19-12-6-7-12/h8-10,12H,6-7H2,1-5H3. The topological polar surface area (TPSA) is 38.8 Å². The largest absolute Gasteiger partial charge is 0.490 e. The van der Waals surface area contributed by atoms with Crippen molar-refractivity contribution in [1.29, 1.82) is 0 Å². The van der Waals surface area contributed by atoms with Crippen molar-refractivity contribution in [1.82, 2.24) is 4.90 Å². The van der Waals surface area contributed by atoms with Crippen molar-refractivity contribution in [3.63, 3.8) is 0 Å². The highest BCUT2D eigenvalue weighted by molar-refractivity contribution is 5.94. The Balaban J connectivity index is 2.29. The lowest BCUT2D eigenvalue weighted by Crippen LogP contribution is -2.24. The molecule has 110 valence electrons. The molecule has 1 aliphatic carbocycles. The Hall–Kier alpha value is -1.71. The second kappa shape index (κ2) is 5.35. The van der Waals surface area contributed by atoms with Crippen LogP contribution in [-0.2, 0) is 0 Å². The number of carbonyl (C=O) groups excluding carboxylic acids is 1. The third kappa shape index (κ3) is 4.15. The van der Waals surface area contributed by atoms with Crippen molar-refractivity contribution in [3.8, 4) is 11.5 Å². The molecular weight excluding hydrogens is 254 g/mol. The fourth-order valence-corrected chi connectivity index (χ4v) is 1.81. The van der Waals surface area contributed by atoms with Crippen LogP contribution in [0.4, 0.5) is 0 Å². The molecule has 4 heteroatoms. The Labute approximate surface area is 120 Å². The SMILES string of the molecule is CN(C)C(=O)c1cc(OC2CC2)cc(OC(C)(C)C)c1. The second-order valence-electron chi connectivity index (χ2n) is 6.42. The molecule has 1 saturated carbocycles. The maximum Gasteiger partial charge on any atom is 0.253 e. The van der Waals surface area contributed by atoms with Gasteiger partial charge in [-0.2, -0.15) is 0 Å². The van der Waals surface area contributed by atoms with Gasteiger partial charge in [-0.15, -0.1) is 0 Å². The lowest BCUT2D eigenvalue weighted by molar-refractivity contribution is 0.0824. The lowest BCUT2D eigenvalue weighted by Gasteiger charge is -2.22. The van der Waals surface area contributed by atoms with E-state index in [-0.39, 0.29) is 11.5 Å². The van der Waals surface area contributed by atoms with E-state index in [2.05, 4.69) is 0 Å². The summed E-state index contributed by atoms with van der Waals surface area (Å²) in [5, 5.41) is 0. The molecule has 1 amide bonds. The predicted octanol–water partition coefficient (Wildman–Crippen LogP) is 3.11. The van der Waals surface area contributed by atoms with Gasteiger partial charge in [-0.3, -0.25) is 4.79 Å². The van der Waals surface area contributed by atoms with E-state index >= 15 is 0 Å². The van der Waals surface area contributed by atoms with Gasteiger partial charge in [0.2, 0.25) is 0 Å². The van der Waals surface area contributed by atoms with E-state index in [1.807, 2.05) is 26.8 Å². The third-order valence-electron chi connectivity index (χ3n) is 2.78. The molecule has 0 spiro atoms. The summed E-state index contributed by atoms with van der Waals surface area (Å²) in [6, 6.07) is 5.42. The summed E-state index contributed by atoms with van der Waals surface area (Å²) >= 11 is 0. The summed E-state index contributed by atoms with van der Waals surface area (Å²) in [7, 11) is 3.47. The molecule has 1 fully saturated rings. The average molecular weight is 277 g/mol. The van der Waals surface area contributed by atoms with E-state index in [1.54, 1.807) is 31.1 Å². The fraction of sp³-hybridized carbons (Fsp3) is 0.562. The minimum atomic E-state index is -0.309. The van der Waals surface area contributed by atoms with Crippen LogP contribution >= 0.6 is 0 Å². The van der Waals surface area contributed by atoms with Crippen molar-refractivity contribution >= 4 is 5.91 Å². The molecular formula is C16H23NO3. The molecule has 4 nitrogen and oxygen atoms in total. The van der Waals surface area contributed by atoms with Crippen molar-refractivity contribution in [2.45, 2.75) is 45.3 Å². The zero-order valence-electron chi connectivity index (χ0n) is 12.9. The Morgan fingerprint density at radius 1 is 1.15 bits per heavy atom. The first-order valence-corrected chi connectivity index (χ1v) is 6.97. The zero-order chi connectivity index (χ0) is 14.9. The molecule has 1 aromatic rings. The maximum atomic E-state index is 12.1. The first-order chi connectivity index (χ1) is 9.24. The Morgan fingerprint density at radius 3 is 2.25 bits per heavy atom. The van der Waals surface area contributed by atoms with E-state index < -0.39 is 0 Å². The van der Waals surface area contributed by atoms with E-state index in [0.29, 0.717) is 23.2 Å². The first kappa shape index (κ1) is 14.7. The number of hydrogen-bond acceptors (Lipinski definition) is 3. The minimum absolute atomic E-state index is 0.0509. The van der Waals surface area contributed by atoms with Crippen molar-refractivity contribution < 1.29 is 14.3 Å². The molecule has 0 unspecified atom stereocenters. The van der Waals surface area contributed by atoms with Crippen LogP contribution in [0.1, 0.15) is 44.0 Å². The monoisotopic (exact) mass is 277 g/mol. The summed E-state index contributed by atoms with van der Waals surface area (Å²) < 4.78 is 11.7. The highest BCUT2D eigenvalue weighted by Crippen LogP contribution is 2.31. The zero-order valence-corrected chi connectivity index (χ0v) is 12.9. The number of rotatable bonds is 4. The number of amides is 1. The van der Waals surface area contributed by atoms with Gasteiger partial charge in [0.05, 0.1) is 6.10 Å². The molecule has 20 heavy (non-hydrogen) atoms. The van der Waals surface area contributed by atoms with Gasteiger partial charge in [0.15, 0.2) is 0 Å². The molecule has 0 aromatic heterocycles. The van der Waals surface area contributed by atoms with Gasteiger partial charge in [-0.1, -0.05) is 0 Å². The van der Waals surface area contributed by atoms with Gasteiger partial charge < -0.3 is 14.4 Å². The van der Waals surface area contributed by atoms with Crippen LogP contribution in [0.25, 0.3) is 0 Å². The molecule has 1 aromatic carbocycles. The number of benzene rings is 1. The summed E-state index contributed by atoms with van der Waals surface area (Å²) in [5.74, 6) is 1.32. The van der Waals surface area contributed by atoms with Crippen LogP contribution in [0.2, 0.25) is 0 Å². The summed E-state index contributed by atoms with van der Waals surface area (Å²) in [4.78, 5) is 13.7. The van der Waals surface area contributed by atoms with Crippen LogP contribution in [0.15, 0.2) is 18.2 Å². The van der Waals surface area contributed by atoms with Gasteiger partial charge in [-0.25, -0.2) is 0 Å². The molecule has 0 saturated heterocycles. The van der Waals surface area contributed by atoms with Crippen LogP contribution in [0.3, 0.4) is 0 Å². The molecule has 0 atom stereocenters. The van der Waals surface area contributed by atoms with Crippen LogP contribution < -0.4 is 9.47 Å². The van der Waals surface area contributed by atoms with Crippen LogP contribution in [-0.4, -0.2) is 36.6 Å². The Kier molecular flexibility index (Phi) is 3.93. The third-order valence-corrected chi connectivity index (χ3v) is 2.78. The van der Waals surface area contributed by atoms with Gasteiger partial charge in [0.1, 0.15) is 17.1 Å². The first-order valence-electron chi connectivity index (χ1n) is 6.97.